The summed E-state index contributed by atoms with van der Waals surface area (Å²) in [6.45, 7) is 6.67. The van der Waals surface area contributed by atoms with Gasteiger partial charge in [-0.3, -0.25) is 14.7 Å². The van der Waals surface area contributed by atoms with Crippen LogP contribution in [-0.4, -0.2) is 60.6 Å². The fraction of sp³-hybridized carbons (Fsp3) is 0.600. The smallest absolute Gasteiger partial charge is 0.219 e. The maximum absolute atomic E-state index is 11.6. The van der Waals surface area contributed by atoms with Gasteiger partial charge in [0.25, 0.3) is 0 Å². The quantitative estimate of drug-likeness (QED) is 0.824. The van der Waals surface area contributed by atoms with E-state index in [2.05, 4.69) is 9.88 Å². The Bertz CT molecular complexity index is 424. The number of nitrogens with zero attached hydrogens (tertiary/aromatic N) is 3. The van der Waals surface area contributed by atoms with E-state index in [1.165, 1.54) is 5.56 Å². The molecule has 2 rings (SSSR count). The Hall–Kier alpha value is -1.46. The molecule has 0 bridgehead atoms. The van der Waals surface area contributed by atoms with Gasteiger partial charge >= 0.3 is 0 Å². The van der Waals surface area contributed by atoms with Crippen molar-refractivity contribution in [3.63, 3.8) is 0 Å². The van der Waals surface area contributed by atoms with Crippen molar-refractivity contribution in [2.24, 2.45) is 5.92 Å². The molecule has 20 heavy (non-hydrogen) atoms. The van der Waals surface area contributed by atoms with Crippen molar-refractivity contribution < 1.29 is 9.53 Å². The highest BCUT2D eigenvalue weighted by molar-refractivity contribution is 5.73. The lowest BCUT2D eigenvalue weighted by atomic mass is 10.1. The van der Waals surface area contributed by atoms with Gasteiger partial charge in [-0.15, -0.1) is 0 Å². The first kappa shape index (κ1) is 14.9. The van der Waals surface area contributed by atoms with Crippen LogP contribution in [0.15, 0.2) is 24.5 Å². The highest BCUT2D eigenvalue weighted by Gasteiger charge is 2.24. The molecule has 5 heteroatoms. The van der Waals surface area contributed by atoms with E-state index in [1.807, 2.05) is 29.4 Å². The molecule has 0 saturated carbocycles. The second-order valence-corrected chi connectivity index (χ2v) is 5.38. The summed E-state index contributed by atoms with van der Waals surface area (Å²) < 4.78 is 5.29. The molecular weight excluding hydrogens is 254 g/mol. The highest BCUT2D eigenvalue weighted by Crippen LogP contribution is 2.13. The van der Waals surface area contributed by atoms with Crippen LogP contribution >= 0.6 is 0 Å². The second kappa shape index (κ2) is 7.36. The number of ether oxygens (including phenoxy) is 1. The average molecular weight is 277 g/mol. The number of carbonyl (C=O) groups excluding carboxylic acids is 1. The predicted octanol–water partition coefficient (Wildman–Crippen LogP) is 1.01. The van der Waals surface area contributed by atoms with E-state index in [0.717, 1.165) is 32.7 Å². The summed E-state index contributed by atoms with van der Waals surface area (Å²) in [5.41, 5.74) is 1.26. The zero-order valence-electron chi connectivity index (χ0n) is 12.3. The van der Waals surface area contributed by atoms with Crippen LogP contribution in [0.5, 0.6) is 0 Å². The molecule has 0 aromatic carbocycles. The van der Waals surface area contributed by atoms with Crippen molar-refractivity contribution in [3.8, 4) is 0 Å². The lowest BCUT2D eigenvalue weighted by Crippen LogP contribution is -2.35. The molecule has 110 valence electrons. The molecule has 1 atom stereocenters. The molecule has 0 radical (unpaired) electrons. The van der Waals surface area contributed by atoms with Gasteiger partial charge in [0.15, 0.2) is 0 Å². The molecule has 1 aromatic heterocycles. The number of methoxy groups -OCH3 is 1. The number of aromatic nitrogens is 1. The fourth-order valence-electron chi connectivity index (χ4n) is 2.70. The van der Waals surface area contributed by atoms with E-state index in [1.54, 1.807) is 14.0 Å². The van der Waals surface area contributed by atoms with Crippen LogP contribution in [0.4, 0.5) is 0 Å². The van der Waals surface area contributed by atoms with E-state index in [0.29, 0.717) is 12.5 Å². The molecular formula is C15H23N3O2. The maximum atomic E-state index is 11.6. The van der Waals surface area contributed by atoms with Crippen LogP contribution in [0, 0.1) is 5.92 Å². The molecule has 1 amide bonds. The van der Waals surface area contributed by atoms with Gasteiger partial charge in [-0.2, -0.15) is 0 Å². The van der Waals surface area contributed by atoms with Crippen molar-refractivity contribution in [1.29, 1.82) is 0 Å². The van der Waals surface area contributed by atoms with Crippen molar-refractivity contribution in [3.05, 3.63) is 30.1 Å². The number of hydrogen-bond acceptors (Lipinski definition) is 4. The summed E-state index contributed by atoms with van der Waals surface area (Å²) in [4.78, 5) is 20.0. The SMILES string of the molecule is COCC1CN(Cc2ccncc2)CCN(C(C)=O)C1. The van der Waals surface area contributed by atoms with E-state index in [4.69, 9.17) is 4.74 Å². The zero-order chi connectivity index (χ0) is 14.4. The number of pyridine rings is 1. The van der Waals surface area contributed by atoms with Gasteiger partial charge in [0.05, 0.1) is 6.61 Å². The second-order valence-electron chi connectivity index (χ2n) is 5.38. The largest absolute Gasteiger partial charge is 0.384 e. The van der Waals surface area contributed by atoms with Crippen molar-refractivity contribution in [2.75, 3.05) is 39.9 Å². The monoisotopic (exact) mass is 277 g/mol. The average Bonchev–Trinajstić information content (AvgIpc) is 2.63. The summed E-state index contributed by atoms with van der Waals surface area (Å²) >= 11 is 0. The number of carbonyl (C=O) groups is 1. The molecule has 5 nitrogen and oxygen atoms in total. The van der Waals surface area contributed by atoms with Crippen molar-refractivity contribution >= 4 is 5.91 Å². The Kier molecular flexibility index (Phi) is 5.49. The summed E-state index contributed by atoms with van der Waals surface area (Å²) in [6, 6.07) is 4.08. The van der Waals surface area contributed by atoms with Crippen LogP contribution < -0.4 is 0 Å². The summed E-state index contributed by atoms with van der Waals surface area (Å²) in [6.07, 6.45) is 3.64. The van der Waals surface area contributed by atoms with E-state index in [-0.39, 0.29) is 5.91 Å². The van der Waals surface area contributed by atoms with Gasteiger partial charge in [0, 0.05) is 65.1 Å². The van der Waals surface area contributed by atoms with Gasteiger partial charge in [-0.25, -0.2) is 0 Å². The third kappa shape index (κ3) is 4.28. The fourth-order valence-corrected chi connectivity index (χ4v) is 2.70. The molecule has 1 aliphatic heterocycles. The summed E-state index contributed by atoms with van der Waals surface area (Å²) in [7, 11) is 1.72. The van der Waals surface area contributed by atoms with Crippen LogP contribution in [-0.2, 0) is 16.1 Å². The summed E-state index contributed by atoms with van der Waals surface area (Å²) in [5, 5.41) is 0. The Morgan fingerprint density at radius 2 is 2.10 bits per heavy atom. The number of rotatable bonds is 4. The Labute approximate surface area is 120 Å². The molecule has 2 heterocycles. The molecule has 1 unspecified atom stereocenters. The van der Waals surface area contributed by atoms with Crippen LogP contribution in [0.3, 0.4) is 0 Å². The Morgan fingerprint density at radius 3 is 2.75 bits per heavy atom. The molecule has 1 fully saturated rings. The molecule has 1 aromatic rings. The zero-order valence-corrected chi connectivity index (χ0v) is 12.3. The minimum Gasteiger partial charge on any atom is -0.384 e. The maximum Gasteiger partial charge on any atom is 0.219 e. The Morgan fingerprint density at radius 1 is 1.35 bits per heavy atom. The Balaban J connectivity index is 2.00. The molecule has 0 aliphatic carbocycles. The van der Waals surface area contributed by atoms with Gasteiger partial charge in [0.1, 0.15) is 0 Å². The first-order valence-electron chi connectivity index (χ1n) is 7.04. The minimum atomic E-state index is 0.150. The van der Waals surface area contributed by atoms with Gasteiger partial charge in [0.2, 0.25) is 5.91 Å². The third-order valence-corrected chi connectivity index (χ3v) is 3.68. The molecule has 0 N–H and O–H groups in total. The lowest BCUT2D eigenvalue weighted by molar-refractivity contribution is -0.129. The third-order valence-electron chi connectivity index (χ3n) is 3.68. The first-order chi connectivity index (χ1) is 9.69. The van der Waals surface area contributed by atoms with Gasteiger partial charge < -0.3 is 9.64 Å². The van der Waals surface area contributed by atoms with Gasteiger partial charge in [-0.1, -0.05) is 0 Å². The van der Waals surface area contributed by atoms with Gasteiger partial charge in [-0.05, 0) is 17.7 Å². The van der Waals surface area contributed by atoms with Crippen LogP contribution in [0.2, 0.25) is 0 Å². The number of amides is 1. The summed E-state index contributed by atoms with van der Waals surface area (Å²) in [5.74, 6) is 0.519. The predicted molar refractivity (Wildman–Crippen MR) is 77.1 cm³/mol. The van der Waals surface area contributed by atoms with Crippen molar-refractivity contribution in [1.82, 2.24) is 14.8 Å². The number of hydrogen-bond donors (Lipinski definition) is 0. The molecule has 0 spiro atoms. The van der Waals surface area contributed by atoms with Crippen molar-refractivity contribution in [2.45, 2.75) is 13.5 Å². The van der Waals surface area contributed by atoms with E-state index < -0.39 is 0 Å². The lowest BCUT2D eigenvalue weighted by Gasteiger charge is -2.23. The van der Waals surface area contributed by atoms with Crippen LogP contribution in [0.1, 0.15) is 12.5 Å². The molecule has 1 saturated heterocycles. The standard InChI is InChI=1S/C15H23N3O2/c1-13(19)18-8-7-17(10-15(11-18)12-20-2)9-14-3-5-16-6-4-14/h3-6,15H,7-12H2,1-2H3. The van der Waals surface area contributed by atoms with E-state index in [9.17, 15) is 4.79 Å². The molecule has 1 aliphatic rings. The van der Waals surface area contributed by atoms with Crippen LogP contribution in [0.25, 0.3) is 0 Å². The first-order valence-corrected chi connectivity index (χ1v) is 7.04. The van der Waals surface area contributed by atoms with E-state index >= 15 is 0 Å². The normalized spacial score (nSPS) is 20.7. The minimum absolute atomic E-state index is 0.150. The topological polar surface area (TPSA) is 45.7 Å². The highest BCUT2D eigenvalue weighted by atomic mass is 16.5.